The molecule has 1 aliphatic rings. The molecule has 132 valence electrons. The van der Waals surface area contributed by atoms with Crippen molar-refractivity contribution in [1.29, 1.82) is 0 Å². The third kappa shape index (κ3) is 4.71. The first-order valence-corrected chi connectivity index (χ1v) is 8.49. The minimum Gasteiger partial charge on any atom is -0.496 e. The molecule has 1 heterocycles. The maximum atomic E-state index is 11.9. The van der Waals surface area contributed by atoms with Crippen molar-refractivity contribution in [3.63, 3.8) is 0 Å². The molecule has 6 nitrogen and oxygen atoms in total. The summed E-state index contributed by atoms with van der Waals surface area (Å²) >= 11 is 0. The standard InChI is InChI=1S/C18H26N2O4/c1-3-24-18(22)17(21)19-13-15(20-11-7-4-8-12-20)14-9-5-6-10-16(14)23-2/h5-6,9-10,15H,3-4,7-8,11-13H2,1-2H3,(H,19,21). The van der Waals surface area contributed by atoms with E-state index in [4.69, 9.17) is 9.47 Å². The second-order valence-electron chi connectivity index (χ2n) is 5.78. The first kappa shape index (κ1) is 18.3. The van der Waals surface area contributed by atoms with Gasteiger partial charge < -0.3 is 14.8 Å². The Labute approximate surface area is 143 Å². The van der Waals surface area contributed by atoms with Crippen LogP contribution in [0.5, 0.6) is 5.75 Å². The van der Waals surface area contributed by atoms with Crippen LogP contribution in [0.2, 0.25) is 0 Å². The van der Waals surface area contributed by atoms with Crippen molar-refractivity contribution >= 4 is 11.9 Å². The number of carbonyl (C=O) groups is 2. The molecule has 0 aromatic heterocycles. The lowest BCUT2D eigenvalue weighted by Crippen LogP contribution is -2.42. The predicted molar refractivity (Wildman–Crippen MR) is 90.8 cm³/mol. The Hall–Kier alpha value is -2.08. The Morgan fingerprint density at radius 3 is 2.58 bits per heavy atom. The smallest absolute Gasteiger partial charge is 0.396 e. The molecular weight excluding hydrogens is 308 g/mol. The minimum absolute atomic E-state index is 0.0279. The van der Waals surface area contributed by atoms with E-state index in [2.05, 4.69) is 10.2 Å². The fourth-order valence-corrected chi connectivity index (χ4v) is 3.07. The molecule has 6 heteroatoms. The van der Waals surface area contributed by atoms with E-state index in [0.717, 1.165) is 37.2 Å². The zero-order valence-corrected chi connectivity index (χ0v) is 14.4. The van der Waals surface area contributed by atoms with Crippen LogP contribution >= 0.6 is 0 Å². The fraction of sp³-hybridized carbons (Fsp3) is 0.556. The molecule has 1 N–H and O–H groups in total. The highest BCUT2D eigenvalue weighted by molar-refractivity contribution is 6.32. The second-order valence-corrected chi connectivity index (χ2v) is 5.78. The number of hydrogen-bond donors (Lipinski definition) is 1. The number of hydrogen-bond acceptors (Lipinski definition) is 5. The highest BCUT2D eigenvalue weighted by Gasteiger charge is 2.26. The Bertz CT molecular complexity index is 556. The lowest BCUT2D eigenvalue weighted by atomic mass is 10.0. The molecule has 1 saturated heterocycles. The number of likely N-dealkylation sites (tertiary alicyclic amines) is 1. The SMILES string of the molecule is CCOC(=O)C(=O)NCC(c1ccccc1OC)N1CCCCC1. The normalized spacial score (nSPS) is 16.2. The molecule has 1 fully saturated rings. The summed E-state index contributed by atoms with van der Waals surface area (Å²) in [6, 6.07) is 7.78. The van der Waals surface area contributed by atoms with Crippen LogP contribution in [0.3, 0.4) is 0 Å². The second kappa shape index (κ2) is 9.27. The third-order valence-electron chi connectivity index (χ3n) is 4.25. The average Bonchev–Trinajstić information content (AvgIpc) is 2.63. The molecule has 1 amide bonds. The first-order valence-electron chi connectivity index (χ1n) is 8.49. The number of piperidine rings is 1. The van der Waals surface area contributed by atoms with E-state index >= 15 is 0 Å². The van der Waals surface area contributed by atoms with E-state index in [0.29, 0.717) is 6.54 Å². The van der Waals surface area contributed by atoms with Crippen LogP contribution in [-0.2, 0) is 14.3 Å². The molecule has 1 unspecified atom stereocenters. The fourth-order valence-electron chi connectivity index (χ4n) is 3.07. The van der Waals surface area contributed by atoms with Crippen molar-refractivity contribution < 1.29 is 19.1 Å². The predicted octanol–water partition coefficient (Wildman–Crippen LogP) is 1.90. The van der Waals surface area contributed by atoms with Gasteiger partial charge in [-0.25, -0.2) is 4.79 Å². The maximum Gasteiger partial charge on any atom is 0.396 e. The maximum absolute atomic E-state index is 11.9. The van der Waals surface area contributed by atoms with Gasteiger partial charge >= 0.3 is 11.9 Å². The number of methoxy groups -OCH3 is 1. The monoisotopic (exact) mass is 334 g/mol. The summed E-state index contributed by atoms with van der Waals surface area (Å²) in [6.45, 7) is 4.15. The zero-order chi connectivity index (χ0) is 17.4. The van der Waals surface area contributed by atoms with E-state index in [1.54, 1.807) is 14.0 Å². The van der Waals surface area contributed by atoms with E-state index in [1.165, 1.54) is 6.42 Å². The molecule has 0 radical (unpaired) electrons. The van der Waals surface area contributed by atoms with Gasteiger partial charge in [0.2, 0.25) is 0 Å². The Morgan fingerprint density at radius 2 is 1.92 bits per heavy atom. The van der Waals surface area contributed by atoms with Gasteiger partial charge in [-0.3, -0.25) is 9.69 Å². The number of nitrogens with one attached hydrogen (secondary N) is 1. The number of nitrogens with zero attached hydrogens (tertiary/aromatic N) is 1. The molecule has 1 aromatic carbocycles. The quantitative estimate of drug-likeness (QED) is 0.636. The number of benzene rings is 1. The molecule has 0 bridgehead atoms. The highest BCUT2D eigenvalue weighted by Crippen LogP contribution is 2.30. The van der Waals surface area contributed by atoms with E-state index in [1.807, 2.05) is 24.3 Å². The summed E-state index contributed by atoms with van der Waals surface area (Å²) in [5.74, 6) is -0.748. The lowest BCUT2D eigenvalue weighted by Gasteiger charge is -2.35. The summed E-state index contributed by atoms with van der Waals surface area (Å²) in [7, 11) is 1.64. The average molecular weight is 334 g/mol. The van der Waals surface area contributed by atoms with Crippen molar-refractivity contribution in [3.8, 4) is 5.75 Å². The van der Waals surface area contributed by atoms with Gasteiger partial charge in [0.15, 0.2) is 0 Å². The minimum atomic E-state index is -0.838. The number of carbonyl (C=O) groups excluding carboxylic acids is 2. The lowest BCUT2D eigenvalue weighted by molar-refractivity contribution is -0.154. The zero-order valence-electron chi connectivity index (χ0n) is 14.4. The van der Waals surface area contributed by atoms with Gasteiger partial charge in [-0.05, 0) is 38.9 Å². The van der Waals surface area contributed by atoms with Crippen molar-refractivity contribution in [2.75, 3.05) is 33.4 Å². The number of amides is 1. The summed E-state index contributed by atoms with van der Waals surface area (Å²) in [5, 5.41) is 2.70. The summed E-state index contributed by atoms with van der Waals surface area (Å²) < 4.78 is 10.2. The Balaban J connectivity index is 2.14. The number of ether oxygens (including phenoxy) is 2. The molecular formula is C18H26N2O4. The van der Waals surface area contributed by atoms with E-state index in [-0.39, 0.29) is 12.6 Å². The van der Waals surface area contributed by atoms with Gasteiger partial charge in [0.25, 0.3) is 0 Å². The summed E-state index contributed by atoms with van der Waals surface area (Å²) in [6.07, 6.45) is 3.50. The Kier molecular flexibility index (Phi) is 7.06. The molecule has 1 aromatic rings. The van der Waals surface area contributed by atoms with Gasteiger partial charge in [-0.1, -0.05) is 24.6 Å². The first-order chi connectivity index (χ1) is 11.7. The number of para-hydroxylation sites is 1. The molecule has 0 aliphatic carbocycles. The van der Waals surface area contributed by atoms with Crippen LogP contribution in [-0.4, -0.2) is 50.1 Å². The van der Waals surface area contributed by atoms with Gasteiger partial charge in [0.05, 0.1) is 19.8 Å². The van der Waals surface area contributed by atoms with Crippen LogP contribution in [0.15, 0.2) is 24.3 Å². The molecule has 1 aliphatic heterocycles. The Morgan fingerprint density at radius 1 is 1.21 bits per heavy atom. The van der Waals surface area contributed by atoms with Crippen molar-refractivity contribution in [1.82, 2.24) is 10.2 Å². The van der Waals surface area contributed by atoms with E-state index in [9.17, 15) is 9.59 Å². The summed E-state index contributed by atoms with van der Waals surface area (Å²) in [5.41, 5.74) is 1.02. The molecule has 2 rings (SSSR count). The van der Waals surface area contributed by atoms with Crippen molar-refractivity contribution in [2.45, 2.75) is 32.2 Å². The van der Waals surface area contributed by atoms with Crippen LogP contribution in [0.1, 0.15) is 37.8 Å². The number of rotatable bonds is 6. The third-order valence-corrected chi connectivity index (χ3v) is 4.25. The van der Waals surface area contributed by atoms with Gasteiger partial charge in [-0.15, -0.1) is 0 Å². The topological polar surface area (TPSA) is 67.9 Å². The van der Waals surface area contributed by atoms with Crippen LogP contribution in [0.4, 0.5) is 0 Å². The van der Waals surface area contributed by atoms with Crippen LogP contribution < -0.4 is 10.1 Å². The molecule has 24 heavy (non-hydrogen) atoms. The van der Waals surface area contributed by atoms with Crippen molar-refractivity contribution in [3.05, 3.63) is 29.8 Å². The summed E-state index contributed by atoms with van der Waals surface area (Å²) in [4.78, 5) is 25.7. The van der Waals surface area contributed by atoms with Gasteiger partial charge in [0, 0.05) is 12.1 Å². The molecule has 0 spiro atoms. The largest absolute Gasteiger partial charge is 0.496 e. The van der Waals surface area contributed by atoms with Crippen molar-refractivity contribution in [2.24, 2.45) is 0 Å². The number of esters is 1. The molecule has 1 atom stereocenters. The molecule has 0 saturated carbocycles. The van der Waals surface area contributed by atoms with Gasteiger partial charge in [-0.2, -0.15) is 0 Å². The van der Waals surface area contributed by atoms with E-state index < -0.39 is 11.9 Å². The van der Waals surface area contributed by atoms with Crippen LogP contribution in [0, 0.1) is 0 Å². The van der Waals surface area contributed by atoms with Crippen LogP contribution in [0.25, 0.3) is 0 Å². The van der Waals surface area contributed by atoms with Gasteiger partial charge in [0.1, 0.15) is 5.75 Å². The highest BCUT2D eigenvalue weighted by atomic mass is 16.5.